The van der Waals surface area contributed by atoms with Gasteiger partial charge in [0.1, 0.15) is 6.61 Å². The van der Waals surface area contributed by atoms with Gasteiger partial charge in [0.25, 0.3) is 0 Å². The molecule has 0 spiro atoms. The first kappa shape index (κ1) is 50.6. The Morgan fingerprint density at radius 3 is 1.17 bits per heavy atom. The lowest BCUT2D eigenvalue weighted by Gasteiger charge is -2.18. The minimum absolute atomic E-state index is 0.0909. The number of esters is 2. The molecule has 0 N–H and O–H groups in total. The van der Waals surface area contributed by atoms with E-state index in [0.29, 0.717) is 26.1 Å². The Balaban J connectivity index is 4.12. The van der Waals surface area contributed by atoms with E-state index >= 15 is 0 Å². The van der Waals surface area contributed by atoms with Crippen molar-refractivity contribution >= 4 is 11.9 Å². The Morgan fingerprint density at radius 2 is 0.750 bits per heavy atom. The van der Waals surface area contributed by atoms with Crippen LogP contribution >= 0.6 is 0 Å². The van der Waals surface area contributed by atoms with Gasteiger partial charge < -0.3 is 14.2 Å². The van der Waals surface area contributed by atoms with Crippen LogP contribution < -0.4 is 0 Å². The van der Waals surface area contributed by atoms with E-state index < -0.39 is 6.10 Å². The molecule has 0 rings (SSSR count). The van der Waals surface area contributed by atoms with E-state index in [1.54, 1.807) is 0 Å². The molecular formula is C47H90O5. The first-order valence-corrected chi connectivity index (χ1v) is 23.2. The number of carbonyl (C=O) groups excluding carboxylic acids is 2. The predicted octanol–water partition coefficient (Wildman–Crippen LogP) is 15.1. The normalized spacial score (nSPS) is 12.1. The highest BCUT2D eigenvalue weighted by Crippen LogP contribution is 2.15. The van der Waals surface area contributed by atoms with E-state index in [1.807, 2.05) is 0 Å². The van der Waals surface area contributed by atoms with Crippen LogP contribution in [0.15, 0.2) is 12.2 Å². The molecule has 0 amide bonds. The van der Waals surface area contributed by atoms with Gasteiger partial charge in [-0.3, -0.25) is 9.59 Å². The molecule has 0 radical (unpaired) electrons. The molecule has 0 aliphatic heterocycles. The summed E-state index contributed by atoms with van der Waals surface area (Å²) in [6, 6.07) is 0. The van der Waals surface area contributed by atoms with Crippen LogP contribution in [-0.2, 0) is 23.8 Å². The summed E-state index contributed by atoms with van der Waals surface area (Å²) in [6.45, 7) is 7.83. The topological polar surface area (TPSA) is 61.8 Å². The standard InChI is InChI=1S/C47H90O5/c1-4-7-10-13-16-19-21-22-23-24-25-26-28-29-31-34-37-40-46(48)51-44-45(43-50-42-39-36-33-18-15-12-9-6-3)52-47(49)41-38-35-32-30-27-20-17-14-11-8-5-2/h22-23,45H,4-21,24-44H2,1-3H3/b23-22-. The summed E-state index contributed by atoms with van der Waals surface area (Å²) in [5.41, 5.74) is 0. The van der Waals surface area contributed by atoms with Gasteiger partial charge in [-0.15, -0.1) is 0 Å². The average molecular weight is 735 g/mol. The molecule has 1 unspecified atom stereocenters. The molecule has 5 heteroatoms. The molecule has 5 nitrogen and oxygen atoms in total. The molecule has 52 heavy (non-hydrogen) atoms. The third kappa shape index (κ3) is 41.4. The maximum Gasteiger partial charge on any atom is 0.306 e. The van der Waals surface area contributed by atoms with Gasteiger partial charge in [-0.2, -0.15) is 0 Å². The minimum Gasteiger partial charge on any atom is -0.462 e. The summed E-state index contributed by atoms with van der Waals surface area (Å²) >= 11 is 0. The second-order valence-electron chi connectivity index (χ2n) is 15.7. The molecule has 0 saturated carbocycles. The molecule has 0 saturated heterocycles. The predicted molar refractivity (Wildman–Crippen MR) is 224 cm³/mol. The Kier molecular flexibility index (Phi) is 42.9. The zero-order valence-electron chi connectivity index (χ0n) is 35.4. The zero-order valence-corrected chi connectivity index (χ0v) is 35.4. The van der Waals surface area contributed by atoms with Gasteiger partial charge in [0.05, 0.1) is 6.61 Å². The molecule has 0 aromatic rings. The fourth-order valence-electron chi connectivity index (χ4n) is 6.80. The van der Waals surface area contributed by atoms with Gasteiger partial charge in [-0.05, 0) is 44.9 Å². The van der Waals surface area contributed by atoms with Crippen molar-refractivity contribution in [1.29, 1.82) is 0 Å². The van der Waals surface area contributed by atoms with Gasteiger partial charge in [-0.25, -0.2) is 0 Å². The van der Waals surface area contributed by atoms with Crippen molar-refractivity contribution in [3.8, 4) is 0 Å². The molecule has 308 valence electrons. The summed E-state index contributed by atoms with van der Waals surface area (Å²) < 4.78 is 17.3. The van der Waals surface area contributed by atoms with Crippen LogP contribution in [0.25, 0.3) is 0 Å². The Labute approximate surface area is 325 Å². The molecule has 0 fully saturated rings. The van der Waals surface area contributed by atoms with Crippen LogP contribution in [0.2, 0.25) is 0 Å². The number of carbonyl (C=O) groups is 2. The highest BCUT2D eigenvalue weighted by Gasteiger charge is 2.17. The van der Waals surface area contributed by atoms with Gasteiger partial charge in [0.15, 0.2) is 6.10 Å². The van der Waals surface area contributed by atoms with E-state index in [-0.39, 0.29) is 18.5 Å². The monoisotopic (exact) mass is 735 g/mol. The molecule has 0 aromatic heterocycles. The SMILES string of the molecule is CCCCCCCC/C=C\CCCCCCCCCC(=O)OCC(COCCCCCCCCCC)OC(=O)CCCCCCCCCCCCC. The quantitative estimate of drug-likeness (QED) is 0.0355. The lowest BCUT2D eigenvalue weighted by molar-refractivity contribution is -0.163. The van der Waals surface area contributed by atoms with E-state index in [4.69, 9.17) is 14.2 Å². The van der Waals surface area contributed by atoms with Crippen molar-refractivity contribution in [2.24, 2.45) is 0 Å². The van der Waals surface area contributed by atoms with Crippen LogP contribution in [0.1, 0.15) is 252 Å². The smallest absolute Gasteiger partial charge is 0.306 e. The fourth-order valence-corrected chi connectivity index (χ4v) is 6.80. The number of ether oxygens (including phenoxy) is 3. The Hall–Kier alpha value is -1.36. The van der Waals surface area contributed by atoms with Crippen LogP contribution in [0, 0.1) is 0 Å². The third-order valence-electron chi connectivity index (χ3n) is 10.3. The van der Waals surface area contributed by atoms with Crippen LogP contribution in [0.4, 0.5) is 0 Å². The number of rotatable bonds is 43. The summed E-state index contributed by atoms with van der Waals surface area (Å²) in [6.07, 6.45) is 47.8. The largest absolute Gasteiger partial charge is 0.462 e. The summed E-state index contributed by atoms with van der Waals surface area (Å²) in [5.74, 6) is -0.390. The van der Waals surface area contributed by atoms with Gasteiger partial charge >= 0.3 is 11.9 Å². The first-order valence-electron chi connectivity index (χ1n) is 23.2. The molecule has 1 atom stereocenters. The third-order valence-corrected chi connectivity index (χ3v) is 10.3. The summed E-state index contributed by atoms with van der Waals surface area (Å²) in [5, 5.41) is 0. The second-order valence-corrected chi connectivity index (χ2v) is 15.7. The van der Waals surface area contributed by atoms with Gasteiger partial charge in [0, 0.05) is 19.4 Å². The lowest BCUT2D eigenvalue weighted by atomic mass is 10.1. The number of allylic oxidation sites excluding steroid dienone is 2. The van der Waals surface area contributed by atoms with Crippen LogP contribution in [0.3, 0.4) is 0 Å². The summed E-state index contributed by atoms with van der Waals surface area (Å²) in [7, 11) is 0. The fraction of sp³-hybridized carbons (Fsp3) is 0.915. The average Bonchev–Trinajstić information content (AvgIpc) is 3.14. The minimum atomic E-state index is -0.524. The molecule has 0 bridgehead atoms. The van der Waals surface area contributed by atoms with Crippen LogP contribution in [-0.4, -0.2) is 37.9 Å². The van der Waals surface area contributed by atoms with Crippen molar-refractivity contribution < 1.29 is 23.8 Å². The zero-order chi connectivity index (χ0) is 37.8. The first-order chi connectivity index (χ1) is 25.6. The lowest BCUT2D eigenvalue weighted by Crippen LogP contribution is -2.30. The molecule has 0 aromatic carbocycles. The summed E-state index contributed by atoms with van der Waals surface area (Å²) in [4.78, 5) is 25.2. The van der Waals surface area contributed by atoms with Crippen molar-refractivity contribution in [3.05, 3.63) is 12.2 Å². The maximum atomic E-state index is 12.7. The Morgan fingerprint density at radius 1 is 0.404 bits per heavy atom. The van der Waals surface area contributed by atoms with Gasteiger partial charge in [0.2, 0.25) is 0 Å². The van der Waals surface area contributed by atoms with E-state index in [2.05, 4.69) is 32.9 Å². The van der Waals surface area contributed by atoms with Crippen molar-refractivity contribution in [3.63, 3.8) is 0 Å². The van der Waals surface area contributed by atoms with E-state index in [0.717, 1.165) is 32.1 Å². The molecular weight excluding hydrogens is 645 g/mol. The van der Waals surface area contributed by atoms with Crippen molar-refractivity contribution in [2.45, 2.75) is 258 Å². The maximum absolute atomic E-state index is 12.7. The van der Waals surface area contributed by atoms with Crippen molar-refractivity contribution in [2.75, 3.05) is 19.8 Å². The van der Waals surface area contributed by atoms with Gasteiger partial charge in [-0.1, -0.05) is 206 Å². The number of hydrogen-bond acceptors (Lipinski definition) is 5. The van der Waals surface area contributed by atoms with Crippen LogP contribution in [0.5, 0.6) is 0 Å². The molecule has 0 aliphatic carbocycles. The molecule has 0 aliphatic rings. The highest BCUT2D eigenvalue weighted by atomic mass is 16.6. The number of hydrogen-bond donors (Lipinski definition) is 0. The van der Waals surface area contributed by atoms with E-state index in [9.17, 15) is 9.59 Å². The van der Waals surface area contributed by atoms with E-state index in [1.165, 1.54) is 186 Å². The Bertz CT molecular complexity index is 750. The van der Waals surface area contributed by atoms with Crippen molar-refractivity contribution in [1.82, 2.24) is 0 Å². The number of unbranched alkanes of at least 4 members (excludes halogenated alkanes) is 30. The molecule has 0 heterocycles. The highest BCUT2D eigenvalue weighted by molar-refractivity contribution is 5.70. The second kappa shape index (κ2) is 44.0.